The van der Waals surface area contributed by atoms with Crippen molar-refractivity contribution >= 4 is 18.5 Å². The van der Waals surface area contributed by atoms with Crippen molar-refractivity contribution in [1.82, 2.24) is 0 Å². The van der Waals surface area contributed by atoms with Crippen LogP contribution in [0.15, 0.2) is 0 Å². The maximum atomic E-state index is 9.78. The molecule has 0 bridgehead atoms. The van der Waals surface area contributed by atoms with E-state index in [2.05, 4.69) is 9.47 Å². The Morgan fingerprint density at radius 3 is 1.25 bits per heavy atom. The molecular weight excluding hydrogens is 226 g/mol. The van der Waals surface area contributed by atoms with Gasteiger partial charge in [0.2, 0.25) is 0 Å². The molecule has 0 heterocycles. The van der Waals surface area contributed by atoms with Gasteiger partial charge in [0.05, 0.1) is 0 Å². The Kier molecular flexibility index (Phi) is 16.8. The molecule has 0 aromatic carbocycles. The van der Waals surface area contributed by atoms with Crippen molar-refractivity contribution in [1.29, 1.82) is 0 Å². The van der Waals surface area contributed by atoms with Crippen LogP contribution in [0, 0.1) is 0 Å². The van der Waals surface area contributed by atoms with Crippen LogP contribution in [0.2, 0.25) is 0 Å². The number of hydrogen-bond acceptors (Lipinski definition) is 7. The van der Waals surface area contributed by atoms with Crippen LogP contribution in [0.5, 0.6) is 0 Å². The fourth-order valence-corrected chi connectivity index (χ4v) is 0.157. The summed E-state index contributed by atoms with van der Waals surface area (Å²) in [5, 5.41) is 18.7. The molecule has 0 aliphatic heterocycles. The summed E-state index contributed by atoms with van der Waals surface area (Å²) in [6.07, 6.45) is -6.32. The number of ether oxygens (including phenoxy) is 2. The molecule has 0 radical (unpaired) electrons. The SMILES string of the molecule is O=C([O-])OC(=O)OC(=O)[O-].[K+].[K+]. The molecule has 0 aromatic heterocycles. The van der Waals surface area contributed by atoms with Crippen LogP contribution in [0.25, 0.3) is 0 Å². The van der Waals surface area contributed by atoms with Crippen molar-refractivity contribution in [2.45, 2.75) is 0 Å². The Labute approximate surface area is 152 Å². The van der Waals surface area contributed by atoms with Crippen molar-refractivity contribution in [3.8, 4) is 0 Å². The smallest absolute Gasteiger partial charge is 0.467 e. The van der Waals surface area contributed by atoms with E-state index in [1.165, 1.54) is 0 Å². The number of carbonyl (C=O) groups excluding carboxylic acids is 3. The van der Waals surface area contributed by atoms with Gasteiger partial charge < -0.3 is 29.3 Å². The molecule has 0 aromatic rings. The summed E-state index contributed by atoms with van der Waals surface area (Å²) >= 11 is 0. The summed E-state index contributed by atoms with van der Waals surface area (Å²) in [6, 6.07) is 0. The van der Waals surface area contributed by atoms with Crippen LogP contribution in [-0.4, -0.2) is 18.5 Å². The number of rotatable bonds is 0. The molecule has 0 rings (SSSR count). The molecule has 0 atom stereocenters. The van der Waals surface area contributed by atoms with Crippen LogP contribution in [0.3, 0.4) is 0 Å². The van der Waals surface area contributed by atoms with E-state index in [0.29, 0.717) is 0 Å². The van der Waals surface area contributed by atoms with E-state index in [0.717, 1.165) is 0 Å². The molecule has 56 valence electrons. The fraction of sp³-hybridized carbons (Fsp3) is 0. The number of carboxylic acid groups (broad SMARTS) is 2. The van der Waals surface area contributed by atoms with Gasteiger partial charge in [0, 0.05) is 0 Å². The normalized spacial score (nSPS) is 6.67. The molecule has 7 nitrogen and oxygen atoms in total. The fourth-order valence-electron chi connectivity index (χ4n) is 0.157. The van der Waals surface area contributed by atoms with Crippen molar-refractivity contribution < 1.29 is 137 Å². The Morgan fingerprint density at radius 1 is 0.833 bits per heavy atom. The van der Waals surface area contributed by atoms with Crippen LogP contribution in [0.4, 0.5) is 14.4 Å². The second kappa shape index (κ2) is 10.6. The van der Waals surface area contributed by atoms with Crippen molar-refractivity contribution in [3.05, 3.63) is 0 Å². The third-order valence-electron chi connectivity index (χ3n) is 0.333. The first-order chi connectivity index (χ1) is 4.52. The van der Waals surface area contributed by atoms with E-state index in [1.807, 2.05) is 0 Å². The first-order valence-corrected chi connectivity index (χ1v) is 1.84. The molecular formula is C3K2O7. The molecule has 0 saturated carbocycles. The van der Waals surface area contributed by atoms with Crippen LogP contribution >= 0.6 is 0 Å². The summed E-state index contributed by atoms with van der Waals surface area (Å²) in [5.41, 5.74) is 0. The predicted octanol–water partition coefficient (Wildman–Crippen LogP) is -8.17. The maximum absolute atomic E-state index is 9.78. The van der Waals surface area contributed by atoms with Crippen LogP contribution < -0.4 is 113 Å². The van der Waals surface area contributed by atoms with Gasteiger partial charge in [-0.1, -0.05) is 0 Å². The summed E-state index contributed by atoms with van der Waals surface area (Å²) in [5.74, 6) is 0. The van der Waals surface area contributed by atoms with E-state index in [4.69, 9.17) is 0 Å². The van der Waals surface area contributed by atoms with E-state index in [-0.39, 0.29) is 103 Å². The van der Waals surface area contributed by atoms with Gasteiger partial charge in [0.1, 0.15) is 0 Å². The Balaban J connectivity index is -0.000000405. The van der Waals surface area contributed by atoms with Gasteiger partial charge in [-0.15, -0.1) is 0 Å². The third-order valence-corrected chi connectivity index (χ3v) is 0.333. The van der Waals surface area contributed by atoms with Crippen molar-refractivity contribution in [2.24, 2.45) is 0 Å². The van der Waals surface area contributed by atoms with E-state index >= 15 is 0 Å². The second-order valence-corrected chi connectivity index (χ2v) is 0.954. The molecule has 0 unspecified atom stereocenters. The largest absolute Gasteiger partial charge is 1.00 e. The minimum atomic E-state index is -2.20. The summed E-state index contributed by atoms with van der Waals surface area (Å²) in [4.78, 5) is 28.5. The predicted molar refractivity (Wildman–Crippen MR) is 18.4 cm³/mol. The Morgan fingerprint density at radius 2 is 1.08 bits per heavy atom. The van der Waals surface area contributed by atoms with Gasteiger partial charge >= 0.3 is 109 Å². The number of carbonyl (C=O) groups is 3. The average Bonchev–Trinajstić information content (AvgIpc) is 1.58. The Bertz CT molecular complexity index is 159. The van der Waals surface area contributed by atoms with E-state index < -0.39 is 18.5 Å². The third kappa shape index (κ3) is 14.0. The molecule has 0 amide bonds. The zero-order valence-electron chi connectivity index (χ0n) is 6.36. The van der Waals surface area contributed by atoms with E-state index in [9.17, 15) is 24.6 Å². The Hall–Kier alpha value is 1.48. The zero-order valence-corrected chi connectivity index (χ0v) is 12.6. The molecule has 0 aliphatic rings. The molecule has 0 spiro atoms. The summed E-state index contributed by atoms with van der Waals surface area (Å²) in [7, 11) is 0. The molecule has 0 fully saturated rings. The van der Waals surface area contributed by atoms with Crippen LogP contribution in [-0.2, 0) is 9.47 Å². The van der Waals surface area contributed by atoms with Gasteiger partial charge in [-0.25, -0.2) is 4.79 Å². The average molecular weight is 226 g/mol. The molecule has 0 saturated heterocycles. The van der Waals surface area contributed by atoms with Gasteiger partial charge in [0.25, 0.3) is 12.3 Å². The van der Waals surface area contributed by atoms with E-state index in [1.54, 1.807) is 0 Å². The van der Waals surface area contributed by atoms with Gasteiger partial charge in [0.15, 0.2) is 0 Å². The quantitative estimate of drug-likeness (QED) is 0.229. The first-order valence-electron chi connectivity index (χ1n) is 1.84. The molecule has 12 heavy (non-hydrogen) atoms. The van der Waals surface area contributed by atoms with Crippen molar-refractivity contribution in [3.63, 3.8) is 0 Å². The second-order valence-electron chi connectivity index (χ2n) is 0.954. The monoisotopic (exact) mass is 226 g/mol. The first kappa shape index (κ1) is 19.1. The maximum Gasteiger partial charge on any atom is 1.00 e. The van der Waals surface area contributed by atoms with Gasteiger partial charge in [-0.05, 0) is 0 Å². The van der Waals surface area contributed by atoms with Crippen molar-refractivity contribution in [2.75, 3.05) is 0 Å². The molecule has 9 heteroatoms. The zero-order chi connectivity index (χ0) is 8.15. The summed E-state index contributed by atoms with van der Waals surface area (Å²) < 4.78 is 6.17. The standard InChI is InChI=1S/C3H2O7.2K/c4-1(5)9-3(8)10-2(6)7;;/h(H,4,5)(H,6,7);;/q;2*+1/p-2. The molecule has 0 N–H and O–H groups in total. The number of hydrogen-bond donors (Lipinski definition) is 0. The topological polar surface area (TPSA) is 116 Å². The minimum Gasteiger partial charge on any atom is -0.467 e. The summed E-state index contributed by atoms with van der Waals surface area (Å²) in [6.45, 7) is 0. The minimum absolute atomic E-state index is 0. The molecule has 0 aliphatic carbocycles. The van der Waals surface area contributed by atoms with Gasteiger partial charge in [-0.2, -0.15) is 0 Å². The van der Waals surface area contributed by atoms with Gasteiger partial charge in [-0.3, -0.25) is 0 Å². The van der Waals surface area contributed by atoms with Crippen LogP contribution in [0.1, 0.15) is 0 Å².